The third-order valence-corrected chi connectivity index (χ3v) is 7.83. The van der Waals surface area contributed by atoms with Gasteiger partial charge in [0.15, 0.2) is 0 Å². The third kappa shape index (κ3) is 6.19. The largest absolute Gasteiger partial charge is 0.491 e. The van der Waals surface area contributed by atoms with Crippen molar-refractivity contribution in [1.82, 2.24) is 14.5 Å². The number of allylic oxidation sites excluding steroid dienone is 2. The number of amides is 1. The maximum Gasteiger partial charge on any atom is 0.250 e. The first-order valence-electron chi connectivity index (χ1n) is 12.6. The second kappa shape index (κ2) is 12.2. The summed E-state index contributed by atoms with van der Waals surface area (Å²) in [7, 11) is 0. The fourth-order valence-electron chi connectivity index (χ4n) is 4.64. The van der Waals surface area contributed by atoms with E-state index in [1.807, 2.05) is 41.8 Å². The number of hydrogen-bond donors (Lipinski definition) is 1. The molecule has 2 heterocycles. The van der Waals surface area contributed by atoms with Gasteiger partial charge in [-0.3, -0.25) is 14.3 Å². The van der Waals surface area contributed by atoms with Crippen molar-refractivity contribution in [3.63, 3.8) is 0 Å². The van der Waals surface area contributed by atoms with Crippen molar-refractivity contribution in [2.75, 3.05) is 39.5 Å². The quantitative estimate of drug-likeness (QED) is 0.359. The summed E-state index contributed by atoms with van der Waals surface area (Å²) < 4.78 is 19.6. The van der Waals surface area contributed by atoms with Gasteiger partial charge in [-0.25, -0.2) is 4.98 Å². The molecular weight excluding hydrogens is 559 g/mol. The topological polar surface area (TPSA) is 91.8 Å². The maximum atomic E-state index is 12.3. The molecule has 0 spiro atoms. The molecule has 2 N–H and O–H groups in total. The SMILES string of the molecule is C[C@@H](OC1C=C(n2cnc3cc(Cl)ccc32)C=C(C(N)=O)C1=S)c1cccc(OCCN2CCOCC2)c1Cl. The number of nitrogens with zero attached hydrogens (tertiary/aromatic N) is 3. The number of fused-ring (bicyclic) bond motifs is 1. The zero-order chi connectivity index (χ0) is 27.5. The fraction of sp³-hybridized carbons (Fsp3) is 0.321. The molecule has 0 saturated carbocycles. The van der Waals surface area contributed by atoms with E-state index in [1.54, 1.807) is 24.5 Å². The number of benzene rings is 2. The van der Waals surface area contributed by atoms with Gasteiger partial charge < -0.3 is 19.9 Å². The number of imidazole rings is 1. The van der Waals surface area contributed by atoms with Gasteiger partial charge in [0.05, 0.1) is 45.8 Å². The number of nitrogens with two attached hydrogens (primary N) is 1. The number of ether oxygens (including phenoxy) is 3. The minimum Gasteiger partial charge on any atom is -0.491 e. The average molecular weight is 588 g/mol. The predicted molar refractivity (Wildman–Crippen MR) is 156 cm³/mol. The highest BCUT2D eigenvalue weighted by atomic mass is 35.5. The summed E-state index contributed by atoms with van der Waals surface area (Å²) in [5.41, 5.74) is 8.83. The van der Waals surface area contributed by atoms with Crippen molar-refractivity contribution in [1.29, 1.82) is 0 Å². The Morgan fingerprint density at radius 3 is 2.82 bits per heavy atom. The number of aromatic nitrogens is 2. The second-order valence-corrected chi connectivity index (χ2v) is 10.5. The number of carbonyl (C=O) groups excluding carboxylic acids is 1. The van der Waals surface area contributed by atoms with E-state index in [4.69, 9.17) is 55.4 Å². The van der Waals surface area contributed by atoms with Crippen LogP contribution in [-0.4, -0.2) is 70.8 Å². The predicted octanol–water partition coefficient (Wildman–Crippen LogP) is 4.84. The van der Waals surface area contributed by atoms with E-state index >= 15 is 0 Å². The van der Waals surface area contributed by atoms with Gasteiger partial charge in [0.2, 0.25) is 5.91 Å². The number of rotatable bonds is 9. The number of carbonyl (C=O) groups is 1. The van der Waals surface area contributed by atoms with E-state index < -0.39 is 18.1 Å². The Kier molecular flexibility index (Phi) is 8.66. The van der Waals surface area contributed by atoms with Crippen LogP contribution in [0.2, 0.25) is 10.0 Å². The van der Waals surface area contributed by atoms with Gasteiger partial charge in [0, 0.05) is 35.9 Å². The molecule has 8 nitrogen and oxygen atoms in total. The number of halogens is 2. The minimum absolute atomic E-state index is 0.210. The summed E-state index contributed by atoms with van der Waals surface area (Å²) >= 11 is 18.5. The van der Waals surface area contributed by atoms with Gasteiger partial charge in [-0.1, -0.05) is 47.6 Å². The summed E-state index contributed by atoms with van der Waals surface area (Å²) in [5, 5.41) is 1.06. The first kappa shape index (κ1) is 27.8. The fourth-order valence-corrected chi connectivity index (χ4v) is 5.43. The zero-order valence-corrected chi connectivity index (χ0v) is 23.6. The lowest BCUT2D eigenvalue weighted by atomic mass is 9.98. The third-order valence-electron chi connectivity index (χ3n) is 6.74. The van der Waals surface area contributed by atoms with Crippen LogP contribution in [0, 0.1) is 0 Å². The zero-order valence-electron chi connectivity index (χ0n) is 21.3. The molecule has 1 amide bonds. The Labute approximate surface area is 241 Å². The molecule has 5 rings (SSSR count). The van der Waals surface area contributed by atoms with Crippen LogP contribution in [0.3, 0.4) is 0 Å². The van der Waals surface area contributed by atoms with E-state index in [2.05, 4.69) is 9.88 Å². The summed E-state index contributed by atoms with van der Waals surface area (Å²) in [5.74, 6) is -0.0467. The molecular formula is C28H28Cl2N4O4S. The van der Waals surface area contributed by atoms with E-state index in [0.717, 1.165) is 43.9 Å². The molecule has 1 aliphatic carbocycles. The Hall–Kier alpha value is -2.79. The Morgan fingerprint density at radius 1 is 1.26 bits per heavy atom. The molecule has 1 aromatic heterocycles. The number of thiocarbonyl (C=S) groups is 1. The Balaban J connectivity index is 1.35. The smallest absolute Gasteiger partial charge is 0.250 e. The molecule has 1 unspecified atom stereocenters. The highest BCUT2D eigenvalue weighted by Gasteiger charge is 2.29. The molecule has 1 aliphatic heterocycles. The molecule has 3 aromatic rings. The van der Waals surface area contributed by atoms with Crippen LogP contribution >= 0.6 is 35.4 Å². The molecule has 2 aliphatic rings. The van der Waals surface area contributed by atoms with Crippen LogP contribution in [0.25, 0.3) is 16.7 Å². The van der Waals surface area contributed by atoms with Crippen LogP contribution in [-0.2, 0) is 14.3 Å². The van der Waals surface area contributed by atoms with Crippen molar-refractivity contribution in [3.05, 3.63) is 76.1 Å². The molecule has 11 heteroatoms. The lowest BCUT2D eigenvalue weighted by Crippen LogP contribution is -2.38. The number of hydrogen-bond acceptors (Lipinski definition) is 7. The lowest BCUT2D eigenvalue weighted by molar-refractivity contribution is -0.114. The lowest BCUT2D eigenvalue weighted by Gasteiger charge is -2.27. The first-order valence-corrected chi connectivity index (χ1v) is 13.8. The molecule has 2 aromatic carbocycles. The summed E-state index contributed by atoms with van der Waals surface area (Å²) in [4.78, 5) is 19.3. The first-order chi connectivity index (χ1) is 18.8. The molecule has 2 atom stereocenters. The minimum atomic E-state index is -0.704. The Bertz CT molecular complexity index is 1470. The summed E-state index contributed by atoms with van der Waals surface area (Å²) in [6.07, 6.45) is 3.99. The van der Waals surface area contributed by atoms with Crippen LogP contribution in [0.4, 0.5) is 0 Å². The van der Waals surface area contributed by atoms with Crippen molar-refractivity contribution in [2.24, 2.45) is 5.73 Å². The van der Waals surface area contributed by atoms with Gasteiger partial charge >= 0.3 is 0 Å². The maximum absolute atomic E-state index is 12.3. The van der Waals surface area contributed by atoms with Crippen LogP contribution in [0.15, 0.2) is 60.5 Å². The van der Waals surface area contributed by atoms with Crippen molar-refractivity contribution in [3.8, 4) is 5.75 Å². The molecule has 1 fully saturated rings. The molecule has 1 saturated heterocycles. The van der Waals surface area contributed by atoms with Crippen molar-refractivity contribution in [2.45, 2.75) is 19.1 Å². The van der Waals surface area contributed by atoms with Crippen LogP contribution < -0.4 is 10.5 Å². The van der Waals surface area contributed by atoms with E-state index in [1.165, 1.54) is 0 Å². The monoisotopic (exact) mass is 586 g/mol. The van der Waals surface area contributed by atoms with Gasteiger partial charge in [0.1, 0.15) is 24.8 Å². The average Bonchev–Trinajstić information content (AvgIpc) is 3.34. The number of primary amides is 1. The second-order valence-electron chi connectivity index (χ2n) is 9.29. The Morgan fingerprint density at radius 2 is 2.05 bits per heavy atom. The van der Waals surface area contributed by atoms with Gasteiger partial charge in [0.25, 0.3) is 0 Å². The molecule has 0 bridgehead atoms. The van der Waals surface area contributed by atoms with Crippen molar-refractivity contribution >= 4 is 62.9 Å². The summed E-state index contributed by atoms with van der Waals surface area (Å²) in [6, 6.07) is 11.0. The van der Waals surface area contributed by atoms with Crippen LogP contribution in [0.5, 0.6) is 5.75 Å². The molecule has 0 radical (unpaired) electrons. The highest BCUT2D eigenvalue weighted by molar-refractivity contribution is 7.81. The standard InChI is InChI=1S/C28H28Cl2N4O4S/c1-17(20-3-2-4-24(26(20)30)37-12-9-33-7-10-36-11-8-33)38-25-15-19(14-21(27(25)39)28(31)35)34-16-32-22-13-18(29)5-6-23(22)34/h2-6,13-17,25H,7-12H2,1H3,(H2,31,35)/t17-,25?/m1/s1. The highest BCUT2D eigenvalue weighted by Crippen LogP contribution is 2.35. The van der Waals surface area contributed by atoms with E-state index in [9.17, 15) is 4.79 Å². The van der Waals surface area contributed by atoms with E-state index in [-0.39, 0.29) is 5.57 Å². The van der Waals surface area contributed by atoms with Gasteiger partial charge in [-0.15, -0.1) is 0 Å². The van der Waals surface area contributed by atoms with Crippen molar-refractivity contribution < 1.29 is 19.0 Å². The molecule has 204 valence electrons. The molecule has 39 heavy (non-hydrogen) atoms. The summed E-state index contributed by atoms with van der Waals surface area (Å²) in [6.45, 7) is 6.44. The normalized spacial score (nSPS) is 19.1. The van der Waals surface area contributed by atoms with Gasteiger partial charge in [-0.05, 0) is 43.3 Å². The van der Waals surface area contributed by atoms with Crippen LogP contribution in [0.1, 0.15) is 18.6 Å². The van der Waals surface area contributed by atoms with E-state index in [0.29, 0.717) is 38.5 Å². The van der Waals surface area contributed by atoms with Gasteiger partial charge in [-0.2, -0.15) is 0 Å². The number of morpholine rings is 1.